The van der Waals surface area contributed by atoms with Gasteiger partial charge < -0.3 is 20.0 Å². The number of amides is 3. The van der Waals surface area contributed by atoms with Crippen molar-refractivity contribution in [2.45, 2.75) is 38.8 Å². The molecule has 0 atom stereocenters. The van der Waals surface area contributed by atoms with Gasteiger partial charge in [0.05, 0.1) is 5.69 Å². The van der Waals surface area contributed by atoms with Crippen molar-refractivity contribution in [1.82, 2.24) is 14.8 Å². The van der Waals surface area contributed by atoms with Gasteiger partial charge in [-0.2, -0.15) is 0 Å². The molecule has 0 unspecified atom stereocenters. The minimum absolute atomic E-state index is 0.00536. The highest BCUT2D eigenvalue weighted by Gasteiger charge is 2.31. The lowest BCUT2D eigenvalue weighted by molar-refractivity contribution is 0.0789. The summed E-state index contributed by atoms with van der Waals surface area (Å²) in [5, 5.41) is 3.98. The highest BCUT2D eigenvalue weighted by atomic mass is 32.1. The lowest BCUT2D eigenvalue weighted by atomic mass is 10.0. The van der Waals surface area contributed by atoms with Crippen molar-refractivity contribution in [3.05, 3.63) is 76.3 Å². The van der Waals surface area contributed by atoms with Gasteiger partial charge in [-0.05, 0) is 43.4 Å². The van der Waals surface area contributed by atoms with Crippen LogP contribution >= 0.6 is 11.3 Å². The van der Waals surface area contributed by atoms with Crippen LogP contribution < -0.4 is 10.2 Å². The van der Waals surface area contributed by atoms with Crippen molar-refractivity contribution in [2.75, 3.05) is 36.9 Å². The quantitative estimate of drug-likeness (QED) is 0.560. The lowest BCUT2D eigenvalue weighted by Crippen LogP contribution is -2.48. The predicted octanol–water partition coefficient (Wildman–Crippen LogP) is 4.78. The Morgan fingerprint density at radius 1 is 1.09 bits per heavy atom. The second-order valence-corrected chi connectivity index (χ2v) is 10.3. The van der Waals surface area contributed by atoms with Crippen LogP contribution in [0.25, 0.3) is 0 Å². The van der Waals surface area contributed by atoms with Crippen molar-refractivity contribution in [2.24, 2.45) is 0 Å². The summed E-state index contributed by atoms with van der Waals surface area (Å²) in [6.45, 7) is 4.86. The Morgan fingerprint density at radius 3 is 2.57 bits per heavy atom. The Bertz CT molecular complexity index is 1200. The Hall–Kier alpha value is -3.39. The van der Waals surface area contributed by atoms with E-state index in [1.165, 1.54) is 16.9 Å². The zero-order chi connectivity index (χ0) is 24.4. The molecular formula is C27H31N5O2S. The number of aryl methyl sites for hydroxylation is 1. The highest BCUT2D eigenvalue weighted by Crippen LogP contribution is 2.31. The summed E-state index contributed by atoms with van der Waals surface area (Å²) in [4.78, 5) is 37.5. The zero-order valence-corrected chi connectivity index (χ0v) is 21.1. The minimum Gasteiger partial charge on any atom is -0.348 e. The predicted molar refractivity (Wildman–Crippen MR) is 140 cm³/mol. The number of hydrogen-bond acceptors (Lipinski definition) is 5. The Labute approximate surface area is 210 Å². The van der Waals surface area contributed by atoms with Gasteiger partial charge in [0.15, 0.2) is 5.13 Å². The first-order valence-electron chi connectivity index (χ1n) is 12.2. The first kappa shape index (κ1) is 23.4. The van der Waals surface area contributed by atoms with E-state index in [-0.39, 0.29) is 18.0 Å². The smallest absolute Gasteiger partial charge is 0.322 e. The maximum atomic E-state index is 13.1. The summed E-state index contributed by atoms with van der Waals surface area (Å²) in [7, 11) is 1.84. The van der Waals surface area contributed by atoms with Crippen molar-refractivity contribution in [3.63, 3.8) is 0 Å². The highest BCUT2D eigenvalue weighted by molar-refractivity contribution is 7.17. The first-order chi connectivity index (χ1) is 17.0. The average molecular weight is 490 g/mol. The van der Waals surface area contributed by atoms with Gasteiger partial charge in [0.25, 0.3) is 5.91 Å². The number of carbonyl (C=O) groups excluding carboxylic acids is 2. The van der Waals surface area contributed by atoms with E-state index in [2.05, 4.69) is 16.3 Å². The molecule has 0 aliphatic carbocycles. The molecule has 1 saturated heterocycles. The van der Waals surface area contributed by atoms with E-state index >= 15 is 0 Å². The summed E-state index contributed by atoms with van der Waals surface area (Å²) in [6.07, 6.45) is 2.64. The van der Waals surface area contributed by atoms with E-state index in [0.717, 1.165) is 61.0 Å². The van der Waals surface area contributed by atoms with E-state index in [9.17, 15) is 9.59 Å². The Kier molecular flexibility index (Phi) is 6.72. The SMILES string of the molecule is Cc1nc(N2CCC(N3CCc4ccccc4NC3=O)CC2)sc1C(=O)N(C)Cc1ccccc1. The number of urea groups is 1. The monoisotopic (exact) mass is 489 g/mol. The molecule has 3 aromatic rings. The molecule has 7 nitrogen and oxygen atoms in total. The molecule has 0 bridgehead atoms. The number of hydrogen-bond donors (Lipinski definition) is 1. The fourth-order valence-corrected chi connectivity index (χ4v) is 6.04. The van der Waals surface area contributed by atoms with Crippen molar-refractivity contribution < 1.29 is 9.59 Å². The van der Waals surface area contributed by atoms with E-state index < -0.39 is 0 Å². The summed E-state index contributed by atoms with van der Waals surface area (Å²) in [5.41, 5.74) is 3.99. The summed E-state index contributed by atoms with van der Waals surface area (Å²) in [5.74, 6) is 0.00536. The summed E-state index contributed by atoms with van der Waals surface area (Å²) >= 11 is 1.48. The molecule has 182 valence electrons. The van der Waals surface area contributed by atoms with Crippen LogP contribution in [0, 0.1) is 6.92 Å². The number of nitrogens with one attached hydrogen (secondary N) is 1. The third-order valence-corrected chi connectivity index (χ3v) is 8.11. The molecule has 5 rings (SSSR count). The van der Waals surface area contributed by atoms with Crippen LogP contribution in [0.3, 0.4) is 0 Å². The standard InChI is InChI=1S/C27H31N5O2S/c1-19-24(25(33)30(2)18-20-8-4-3-5-9-20)35-27(28-19)31-15-13-22(14-16-31)32-17-12-21-10-6-7-11-23(21)29-26(32)34/h3-11,22H,12-18H2,1-2H3,(H,29,34). The fraction of sp³-hybridized carbons (Fsp3) is 0.370. The molecule has 0 radical (unpaired) electrons. The van der Waals surface area contributed by atoms with Gasteiger partial charge in [0, 0.05) is 45.0 Å². The number of anilines is 2. The van der Waals surface area contributed by atoms with Crippen molar-refractivity contribution in [3.8, 4) is 0 Å². The molecule has 0 spiro atoms. The molecule has 1 fully saturated rings. The number of thiazole rings is 1. The number of aromatic nitrogens is 1. The topological polar surface area (TPSA) is 68.8 Å². The van der Waals surface area contributed by atoms with Crippen LogP contribution in [0.1, 0.15) is 39.3 Å². The van der Waals surface area contributed by atoms with Crippen molar-refractivity contribution >= 4 is 34.1 Å². The normalized spacial score (nSPS) is 16.5. The number of fused-ring (bicyclic) bond motifs is 1. The van der Waals surface area contributed by atoms with Gasteiger partial charge in [0.1, 0.15) is 4.88 Å². The van der Waals surface area contributed by atoms with E-state index in [1.807, 2.05) is 67.4 Å². The second kappa shape index (κ2) is 10.1. The number of piperidine rings is 1. The van der Waals surface area contributed by atoms with Crippen LogP contribution in [0.2, 0.25) is 0 Å². The fourth-order valence-electron chi connectivity index (χ4n) is 4.93. The zero-order valence-electron chi connectivity index (χ0n) is 20.2. The number of carbonyl (C=O) groups is 2. The third-order valence-electron chi connectivity index (χ3n) is 6.91. The summed E-state index contributed by atoms with van der Waals surface area (Å²) in [6, 6.07) is 18.3. The van der Waals surface area contributed by atoms with Gasteiger partial charge in [-0.3, -0.25) is 4.79 Å². The molecule has 2 aliphatic rings. The maximum Gasteiger partial charge on any atom is 0.322 e. The molecule has 8 heteroatoms. The van der Waals surface area contributed by atoms with Crippen LogP contribution in [0.5, 0.6) is 0 Å². The second-order valence-electron chi connectivity index (χ2n) is 9.31. The van der Waals surface area contributed by atoms with E-state index in [4.69, 9.17) is 4.98 Å². The van der Waals surface area contributed by atoms with Gasteiger partial charge in [-0.15, -0.1) is 0 Å². The largest absolute Gasteiger partial charge is 0.348 e. The third kappa shape index (κ3) is 5.03. The van der Waals surface area contributed by atoms with Gasteiger partial charge in [-0.1, -0.05) is 59.9 Å². The van der Waals surface area contributed by atoms with Crippen LogP contribution in [0.4, 0.5) is 15.6 Å². The Morgan fingerprint density at radius 2 is 1.80 bits per heavy atom. The molecule has 35 heavy (non-hydrogen) atoms. The van der Waals surface area contributed by atoms with Gasteiger partial charge in [-0.25, -0.2) is 9.78 Å². The number of benzene rings is 2. The van der Waals surface area contributed by atoms with E-state index in [0.29, 0.717) is 11.4 Å². The van der Waals surface area contributed by atoms with Crippen molar-refractivity contribution in [1.29, 1.82) is 0 Å². The van der Waals surface area contributed by atoms with Crippen LogP contribution in [0.15, 0.2) is 54.6 Å². The average Bonchev–Trinajstić information content (AvgIpc) is 3.18. The molecule has 2 aliphatic heterocycles. The van der Waals surface area contributed by atoms with Gasteiger partial charge >= 0.3 is 6.03 Å². The summed E-state index contributed by atoms with van der Waals surface area (Å²) < 4.78 is 0. The lowest BCUT2D eigenvalue weighted by Gasteiger charge is -2.37. The van der Waals surface area contributed by atoms with Gasteiger partial charge in [0.2, 0.25) is 0 Å². The molecule has 1 N–H and O–H groups in total. The Balaban J connectivity index is 1.20. The van der Waals surface area contributed by atoms with Crippen LogP contribution in [-0.2, 0) is 13.0 Å². The number of para-hydroxylation sites is 1. The van der Waals surface area contributed by atoms with Crippen LogP contribution in [-0.4, -0.2) is 59.4 Å². The molecule has 0 saturated carbocycles. The molecule has 3 heterocycles. The molecule has 2 aromatic carbocycles. The minimum atomic E-state index is -0.00664. The van der Waals surface area contributed by atoms with E-state index in [1.54, 1.807) is 4.90 Å². The number of rotatable bonds is 5. The molecule has 3 amide bonds. The molecule has 1 aromatic heterocycles. The molecular weight excluding hydrogens is 458 g/mol. The number of nitrogens with zero attached hydrogens (tertiary/aromatic N) is 4. The first-order valence-corrected chi connectivity index (χ1v) is 13.0. The maximum absolute atomic E-state index is 13.1.